The fraction of sp³-hybridized carbons (Fsp3) is 0.231. The Kier molecular flexibility index (Phi) is 3.51. The van der Waals surface area contributed by atoms with Crippen LogP contribution < -0.4 is 5.32 Å². The van der Waals surface area contributed by atoms with E-state index in [9.17, 15) is 19.2 Å². The van der Waals surface area contributed by atoms with Gasteiger partial charge in [0.1, 0.15) is 6.04 Å². The molecule has 2 saturated heterocycles. The Morgan fingerprint density at radius 3 is 2.55 bits per heavy atom. The largest absolute Gasteiger partial charge is 0.516 e. The minimum Gasteiger partial charge on any atom is -0.516 e. The van der Waals surface area contributed by atoms with Crippen LogP contribution in [0.15, 0.2) is 36.1 Å². The molecule has 7 nitrogen and oxygen atoms in total. The summed E-state index contributed by atoms with van der Waals surface area (Å²) >= 11 is 0. The number of allylic oxidation sites excluding steroid dienone is 2. The number of carbonyl (C=O) groups is 4. The lowest BCUT2D eigenvalue weighted by Crippen LogP contribution is -2.54. The van der Waals surface area contributed by atoms with Crippen molar-refractivity contribution >= 4 is 23.6 Å². The van der Waals surface area contributed by atoms with Crippen LogP contribution in [0.3, 0.4) is 0 Å². The summed E-state index contributed by atoms with van der Waals surface area (Å²) in [6.07, 6.45) is 3.30. The number of carbonyl (C=O) groups excluding carboxylic acids is 4. The van der Waals surface area contributed by atoms with E-state index in [-0.39, 0.29) is 24.0 Å². The van der Waals surface area contributed by atoms with E-state index in [2.05, 4.69) is 11.9 Å². The Balaban J connectivity index is 2.31. The van der Waals surface area contributed by atoms with E-state index >= 15 is 0 Å². The Morgan fingerprint density at radius 1 is 1.25 bits per heavy atom. The van der Waals surface area contributed by atoms with Crippen molar-refractivity contribution in [3.63, 3.8) is 0 Å². The highest BCUT2D eigenvalue weighted by Crippen LogP contribution is 2.28. The van der Waals surface area contributed by atoms with Gasteiger partial charge in [-0.25, -0.2) is 0 Å². The Morgan fingerprint density at radius 2 is 1.95 bits per heavy atom. The minimum absolute atomic E-state index is 0.0185. The predicted octanol–water partition coefficient (Wildman–Crippen LogP) is -0.285. The fourth-order valence-electron chi connectivity index (χ4n) is 2.13. The van der Waals surface area contributed by atoms with E-state index in [1.807, 2.05) is 0 Å². The van der Waals surface area contributed by atoms with Gasteiger partial charge in [-0.3, -0.25) is 29.4 Å². The lowest BCUT2D eigenvalue weighted by atomic mass is 10.0. The maximum absolute atomic E-state index is 12.2. The Labute approximate surface area is 114 Å². The molecule has 0 aromatic heterocycles. The van der Waals surface area contributed by atoms with Crippen molar-refractivity contribution in [3.8, 4) is 0 Å². The van der Waals surface area contributed by atoms with Crippen molar-refractivity contribution in [2.45, 2.75) is 18.9 Å². The summed E-state index contributed by atoms with van der Waals surface area (Å²) in [6, 6.07) is -1.01. The SMILES string of the molecule is C=C1C(=O)N(C2CCC(=O)NC2=O)C(=O)/C1=C/C=C/O. The molecule has 2 aliphatic heterocycles. The summed E-state index contributed by atoms with van der Waals surface area (Å²) in [4.78, 5) is 47.8. The van der Waals surface area contributed by atoms with E-state index in [0.29, 0.717) is 6.26 Å². The molecule has 1 unspecified atom stereocenters. The normalized spacial score (nSPS) is 26.0. The van der Waals surface area contributed by atoms with Crippen molar-refractivity contribution in [2.75, 3.05) is 0 Å². The van der Waals surface area contributed by atoms with E-state index in [0.717, 1.165) is 4.90 Å². The number of rotatable bonds is 2. The number of amides is 4. The average Bonchev–Trinajstić information content (AvgIpc) is 2.60. The molecule has 1 atom stereocenters. The third-order valence-corrected chi connectivity index (χ3v) is 3.12. The van der Waals surface area contributed by atoms with Crippen LogP contribution in [0.25, 0.3) is 0 Å². The molecule has 2 N–H and O–H groups in total. The molecule has 2 heterocycles. The second-order valence-corrected chi connectivity index (χ2v) is 4.35. The van der Waals surface area contributed by atoms with Crippen molar-refractivity contribution < 1.29 is 24.3 Å². The van der Waals surface area contributed by atoms with Gasteiger partial charge in [0.15, 0.2) is 0 Å². The molecular weight excluding hydrogens is 264 g/mol. The number of nitrogens with one attached hydrogen (secondary N) is 1. The van der Waals surface area contributed by atoms with Crippen LogP contribution in [0.5, 0.6) is 0 Å². The first kappa shape index (κ1) is 13.7. The van der Waals surface area contributed by atoms with Crippen LogP contribution >= 0.6 is 0 Å². The zero-order valence-corrected chi connectivity index (χ0v) is 10.5. The zero-order valence-electron chi connectivity index (χ0n) is 10.5. The molecule has 2 rings (SSSR count). The fourth-order valence-corrected chi connectivity index (χ4v) is 2.13. The van der Waals surface area contributed by atoms with Crippen molar-refractivity contribution in [2.24, 2.45) is 0 Å². The Bertz CT molecular complexity index is 588. The van der Waals surface area contributed by atoms with Gasteiger partial charge in [0.05, 0.1) is 11.8 Å². The van der Waals surface area contributed by atoms with Gasteiger partial charge in [0.25, 0.3) is 11.8 Å². The lowest BCUT2D eigenvalue weighted by Gasteiger charge is -2.27. The maximum Gasteiger partial charge on any atom is 0.262 e. The van der Waals surface area contributed by atoms with Gasteiger partial charge in [-0.05, 0) is 18.6 Å². The summed E-state index contributed by atoms with van der Waals surface area (Å²) in [5, 5.41) is 10.7. The molecule has 4 amide bonds. The Hall–Kier alpha value is -2.70. The maximum atomic E-state index is 12.2. The summed E-state index contributed by atoms with van der Waals surface area (Å²) in [5.41, 5.74) is -0.0252. The van der Waals surface area contributed by atoms with Crippen LogP contribution in [-0.2, 0) is 19.2 Å². The van der Waals surface area contributed by atoms with Gasteiger partial charge in [-0.1, -0.05) is 6.58 Å². The second-order valence-electron chi connectivity index (χ2n) is 4.35. The molecule has 20 heavy (non-hydrogen) atoms. The number of nitrogens with zero attached hydrogens (tertiary/aromatic N) is 1. The smallest absolute Gasteiger partial charge is 0.262 e. The number of likely N-dealkylation sites (tertiary alicyclic amines) is 1. The highest BCUT2D eigenvalue weighted by atomic mass is 16.2. The molecule has 2 fully saturated rings. The van der Waals surface area contributed by atoms with E-state index < -0.39 is 29.7 Å². The predicted molar refractivity (Wildman–Crippen MR) is 67.0 cm³/mol. The topological polar surface area (TPSA) is 104 Å². The lowest BCUT2D eigenvalue weighted by molar-refractivity contribution is -0.149. The van der Waals surface area contributed by atoms with E-state index in [4.69, 9.17) is 5.11 Å². The number of aliphatic hydroxyl groups excluding tert-OH is 1. The quantitative estimate of drug-likeness (QED) is 0.410. The van der Waals surface area contributed by atoms with Crippen molar-refractivity contribution in [1.82, 2.24) is 10.2 Å². The van der Waals surface area contributed by atoms with Crippen LogP contribution in [-0.4, -0.2) is 39.7 Å². The van der Waals surface area contributed by atoms with Crippen molar-refractivity contribution in [1.29, 1.82) is 0 Å². The average molecular weight is 276 g/mol. The molecule has 7 heteroatoms. The first-order chi connectivity index (χ1) is 9.47. The number of hydrogen-bond donors (Lipinski definition) is 2. The molecule has 2 aliphatic rings. The zero-order chi connectivity index (χ0) is 14.9. The highest BCUT2D eigenvalue weighted by Gasteiger charge is 2.45. The summed E-state index contributed by atoms with van der Waals surface area (Å²) in [6.45, 7) is 3.51. The van der Waals surface area contributed by atoms with Gasteiger partial charge in [-0.15, -0.1) is 0 Å². The van der Waals surface area contributed by atoms with E-state index in [1.54, 1.807) is 0 Å². The van der Waals surface area contributed by atoms with Gasteiger partial charge < -0.3 is 5.11 Å². The molecular formula is C13H12N2O5. The molecule has 0 radical (unpaired) electrons. The molecule has 0 saturated carbocycles. The highest BCUT2D eigenvalue weighted by molar-refractivity contribution is 6.26. The second kappa shape index (κ2) is 5.12. The van der Waals surface area contributed by atoms with Crippen LogP contribution in [0, 0.1) is 0 Å². The van der Waals surface area contributed by atoms with E-state index in [1.165, 1.54) is 12.2 Å². The standard InChI is InChI=1S/C13H12N2O5/c1-7-8(3-2-6-16)13(20)15(12(7)19)9-4-5-10(17)14-11(9)18/h2-3,6,9,16H,1,4-5H2,(H,14,17,18)/b6-2+,8-3+. The first-order valence-electron chi connectivity index (χ1n) is 5.89. The number of hydrogen-bond acceptors (Lipinski definition) is 5. The number of imide groups is 2. The third kappa shape index (κ3) is 2.13. The third-order valence-electron chi connectivity index (χ3n) is 3.12. The van der Waals surface area contributed by atoms with Gasteiger partial charge in [0, 0.05) is 12.0 Å². The molecule has 0 spiro atoms. The van der Waals surface area contributed by atoms with Crippen LogP contribution in [0.4, 0.5) is 0 Å². The number of piperidine rings is 1. The molecule has 0 aromatic carbocycles. The van der Waals surface area contributed by atoms with Gasteiger partial charge >= 0.3 is 0 Å². The van der Waals surface area contributed by atoms with Crippen molar-refractivity contribution in [3.05, 3.63) is 36.1 Å². The van der Waals surface area contributed by atoms with Crippen LogP contribution in [0.2, 0.25) is 0 Å². The number of aliphatic hydroxyl groups is 1. The monoisotopic (exact) mass is 276 g/mol. The summed E-state index contributed by atoms with van der Waals surface area (Å²) in [7, 11) is 0. The minimum atomic E-state index is -1.01. The summed E-state index contributed by atoms with van der Waals surface area (Å²) in [5.74, 6) is -2.42. The molecule has 104 valence electrons. The molecule has 0 aliphatic carbocycles. The van der Waals surface area contributed by atoms with Gasteiger partial charge in [0.2, 0.25) is 11.8 Å². The first-order valence-corrected chi connectivity index (χ1v) is 5.89. The molecule has 0 bridgehead atoms. The van der Waals surface area contributed by atoms with Crippen LogP contribution in [0.1, 0.15) is 12.8 Å². The summed E-state index contributed by atoms with van der Waals surface area (Å²) < 4.78 is 0. The molecule has 0 aromatic rings. The van der Waals surface area contributed by atoms with Gasteiger partial charge in [-0.2, -0.15) is 0 Å².